The lowest BCUT2D eigenvalue weighted by Crippen LogP contribution is -2.25. The zero-order valence-corrected chi connectivity index (χ0v) is 13.5. The van der Waals surface area contributed by atoms with E-state index in [0.717, 1.165) is 18.3 Å². The average molecular weight is 269 g/mol. The van der Waals surface area contributed by atoms with Crippen molar-refractivity contribution in [1.82, 2.24) is 0 Å². The molecule has 1 fully saturated rings. The Labute approximate surface area is 115 Å². The topological polar surface area (TPSA) is 18.5 Å². The minimum atomic E-state index is -1.14. The zero-order chi connectivity index (χ0) is 13.4. The number of allylic oxidation sites excluding steroid dienone is 2. The number of hydrogen-bond donors (Lipinski definition) is 0. The van der Waals surface area contributed by atoms with Gasteiger partial charge in [-0.2, -0.15) is 0 Å². The van der Waals surface area contributed by atoms with Crippen molar-refractivity contribution in [2.75, 3.05) is 6.61 Å². The van der Waals surface area contributed by atoms with Crippen LogP contribution in [-0.4, -0.2) is 15.9 Å². The molecule has 1 aliphatic carbocycles. The first kappa shape index (κ1) is 15.8. The van der Waals surface area contributed by atoms with Crippen LogP contribution in [0, 0.1) is 5.92 Å². The molecular weight excluding hydrogens is 240 g/mol. The normalized spacial score (nSPS) is 19.3. The second kappa shape index (κ2) is 8.76. The monoisotopic (exact) mass is 269 g/mol. The highest BCUT2D eigenvalue weighted by Crippen LogP contribution is 2.25. The van der Waals surface area contributed by atoms with Crippen molar-refractivity contribution in [3.8, 4) is 0 Å². The maximum Gasteiger partial charge on any atom is 0.460 e. The van der Waals surface area contributed by atoms with E-state index in [2.05, 4.69) is 26.8 Å². The van der Waals surface area contributed by atoms with Gasteiger partial charge in [0.2, 0.25) is 0 Å². The molecule has 0 aromatic heterocycles. The summed E-state index contributed by atoms with van der Waals surface area (Å²) in [6.45, 7) is 9.26. The van der Waals surface area contributed by atoms with E-state index in [1.54, 1.807) is 0 Å². The molecule has 0 unspecified atom stereocenters. The summed E-state index contributed by atoms with van der Waals surface area (Å²) in [4.78, 5) is 0. The molecule has 2 nitrogen and oxygen atoms in total. The molecular formula is C15H29O2Si. The second-order valence-corrected chi connectivity index (χ2v) is 7.82. The smallest absolute Gasteiger partial charge is 0.460 e. The van der Waals surface area contributed by atoms with Crippen LogP contribution < -0.4 is 0 Å². The van der Waals surface area contributed by atoms with Crippen LogP contribution in [0.25, 0.3) is 0 Å². The number of rotatable bonds is 6. The van der Waals surface area contributed by atoms with E-state index >= 15 is 0 Å². The predicted octanol–water partition coefficient (Wildman–Crippen LogP) is 4.81. The molecule has 3 heteroatoms. The minimum absolute atomic E-state index is 0.493. The molecule has 0 spiro atoms. The van der Waals surface area contributed by atoms with Gasteiger partial charge in [-0.15, -0.1) is 0 Å². The first-order chi connectivity index (χ1) is 8.63. The van der Waals surface area contributed by atoms with Gasteiger partial charge in [-0.1, -0.05) is 39.5 Å². The summed E-state index contributed by atoms with van der Waals surface area (Å²) in [6.07, 6.45) is 10.6. The Bertz CT molecular complexity index is 243. The molecule has 1 saturated carbocycles. The third-order valence-corrected chi connectivity index (χ3v) is 5.43. The maximum atomic E-state index is 6.04. The Balaban J connectivity index is 2.47. The molecule has 18 heavy (non-hydrogen) atoms. The Morgan fingerprint density at radius 2 is 1.83 bits per heavy atom. The van der Waals surface area contributed by atoms with Crippen molar-refractivity contribution >= 4 is 9.28 Å². The van der Waals surface area contributed by atoms with E-state index in [4.69, 9.17) is 8.85 Å². The van der Waals surface area contributed by atoms with E-state index in [1.165, 1.54) is 38.5 Å². The van der Waals surface area contributed by atoms with Crippen LogP contribution >= 0.6 is 0 Å². The molecule has 1 aliphatic rings. The van der Waals surface area contributed by atoms with Gasteiger partial charge in [0.15, 0.2) is 0 Å². The van der Waals surface area contributed by atoms with Crippen molar-refractivity contribution in [3.05, 3.63) is 11.8 Å². The van der Waals surface area contributed by atoms with Crippen molar-refractivity contribution < 1.29 is 8.85 Å². The highest BCUT2D eigenvalue weighted by molar-refractivity contribution is 6.46. The number of hydrogen-bond acceptors (Lipinski definition) is 2. The Morgan fingerprint density at radius 1 is 1.22 bits per heavy atom. The first-order valence-electron chi connectivity index (χ1n) is 7.49. The van der Waals surface area contributed by atoms with Gasteiger partial charge in [-0.05, 0) is 38.7 Å². The quantitative estimate of drug-likeness (QED) is 0.391. The van der Waals surface area contributed by atoms with Crippen LogP contribution in [0.15, 0.2) is 11.8 Å². The molecule has 105 valence electrons. The van der Waals surface area contributed by atoms with Crippen molar-refractivity contribution in [2.24, 2.45) is 5.92 Å². The van der Waals surface area contributed by atoms with Gasteiger partial charge < -0.3 is 8.85 Å². The largest absolute Gasteiger partial charge is 0.523 e. The van der Waals surface area contributed by atoms with Crippen molar-refractivity contribution in [2.45, 2.75) is 71.8 Å². The van der Waals surface area contributed by atoms with Gasteiger partial charge in [0.1, 0.15) is 0 Å². The molecule has 0 atom stereocenters. The predicted molar refractivity (Wildman–Crippen MR) is 78.5 cm³/mol. The molecule has 1 rings (SSSR count). The summed E-state index contributed by atoms with van der Waals surface area (Å²) in [6, 6.07) is 0. The molecule has 0 amide bonds. The second-order valence-electron chi connectivity index (χ2n) is 5.54. The third-order valence-electron chi connectivity index (χ3n) is 3.39. The van der Waals surface area contributed by atoms with Gasteiger partial charge in [0.25, 0.3) is 0 Å². The SMILES string of the molecule is CCO[Si](OC(C)=CC1CCCCCC1)C(C)C. The van der Waals surface area contributed by atoms with Crippen LogP contribution in [0.3, 0.4) is 0 Å². The van der Waals surface area contributed by atoms with Crippen LogP contribution in [0.5, 0.6) is 0 Å². The van der Waals surface area contributed by atoms with E-state index in [1.807, 2.05) is 6.92 Å². The van der Waals surface area contributed by atoms with Crippen molar-refractivity contribution in [3.63, 3.8) is 0 Å². The summed E-state index contributed by atoms with van der Waals surface area (Å²) in [5, 5.41) is 0. The van der Waals surface area contributed by atoms with E-state index in [-0.39, 0.29) is 0 Å². The lowest BCUT2D eigenvalue weighted by Gasteiger charge is -2.20. The minimum Gasteiger partial charge on any atom is -0.523 e. The summed E-state index contributed by atoms with van der Waals surface area (Å²) in [7, 11) is -1.14. The molecule has 0 aromatic rings. The fourth-order valence-electron chi connectivity index (χ4n) is 2.46. The summed E-state index contributed by atoms with van der Waals surface area (Å²) in [5.74, 6) is 1.81. The zero-order valence-electron chi connectivity index (χ0n) is 12.5. The molecule has 0 heterocycles. The van der Waals surface area contributed by atoms with Gasteiger partial charge in [-0.3, -0.25) is 0 Å². The molecule has 0 saturated heterocycles. The van der Waals surface area contributed by atoms with Crippen LogP contribution in [0.4, 0.5) is 0 Å². The maximum absolute atomic E-state index is 6.04. The fourth-order valence-corrected chi connectivity index (χ4v) is 3.76. The van der Waals surface area contributed by atoms with Crippen LogP contribution in [0.2, 0.25) is 5.54 Å². The van der Waals surface area contributed by atoms with Crippen LogP contribution in [0.1, 0.15) is 66.2 Å². The summed E-state index contributed by atoms with van der Waals surface area (Å²) < 4.78 is 11.8. The lowest BCUT2D eigenvalue weighted by atomic mass is 10.00. The van der Waals surface area contributed by atoms with E-state index < -0.39 is 9.28 Å². The molecule has 0 aromatic carbocycles. The molecule has 1 radical (unpaired) electrons. The summed E-state index contributed by atoms with van der Waals surface area (Å²) >= 11 is 0. The Hall–Kier alpha value is -0.283. The highest BCUT2D eigenvalue weighted by atomic mass is 28.3. The van der Waals surface area contributed by atoms with Gasteiger partial charge in [-0.25, -0.2) is 0 Å². The molecule has 0 aliphatic heterocycles. The molecule has 0 N–H and O–H groups in total. The fraction of sp³-hybridized carbons (Fsp3) is 0.867. The summed E-state index contributed by atoms with van der Waals surface area (Å²) in [5.41, 5.74) is 0.493. The van der Waals surface area contributed by atoms with Gasteiger partial charge in [0, 0.05) is 12.1 Å². The average Bonchev–Trinajstić information content (AvgIpc) is 2.57. The van der Waals surface area contributed by atoms with Gasteiger partial charge >= 0.3 is 9.28 Å². The lowest BCUT2D eigenvalue weighted by molar-refractivity contribution is 0.238. The Kier molecular flexibility index (Phi) is 7.67. The first-order valence-corrected chi connectivity index (χ1v) is 8.88. The van der Waals surface area contributed by atoms with Crippen LogP contribution in [-0.2, 0) is 8.85 Å². The third kappa shape index (κ3) is 6.05. The van der Waals surface area contributed by atoms with E-state index in [9.17, 15) is 0 Å². The van der Waals surface area contributed by atoms with Crippen molar-refractivity contribution in [1.29, 1.82) is 0 Å². The standard InChI is InChI=1S/C15H29O2Si/c1-5-16-18(13(2)3)17-14(4)12-15-10-8-6-7-9-11-15/h12-13,15H,5-11H2,1-4H3. The van der Waals surface area contributed by atoms with Gasteiger partial charge in [0.05, 0.1) is 5.76 Å². The molecule has 0 bridgehead atoms. The van der Waals surface area contributed by atoms with E-state index in [0.29, 0.717) is 5.54 Å². The highest BCUT2D eigenvalue weighted by Gasteiger charge is 2.22. The Morgan fingerprint density at radius 3 is 2.33 bits per heavy atom.